The summed E-state index contributed by atoms with van der Waals surface area (Å²) in [6.45, 7) is 4.53. The molecule has 2 unspecified atom stereocenters. The Balaban J connectivity index is 1.51. The molecule has 188 valence electrons. The zero-order valence-corrected chi connectivity index (χ0v) is 21.5. The monoisotopic (exact) mass is 494 g/mol. The number of allylic oxidation sites excluding steroid dienone is 5. The van der Waals surface area contributed by atoms with E-state index in [1.54, 1.807) is 19.2 Å². The number of hydrogen-bond acceptors (Lipinski definition) is 3. The van der Waals surface area contributed by atoms with Crippen LogP contribution in [-0.4, -0.2) is 19.5 Å². The highest BCUT2D eigenvalue weighted by Gasteiger charge is 2.35. The number of benzene rings is 3. The van der Waals surface area contributed by atoms with Gasteiger partial charge < -0.3 is 9.47 Å². The molecule has 0 saturated heterocycles. The second-order valence-corrected chi connectivity index (χ2v) is 9.83. The first-order valence-corrected chi connectivity index (χ1v) is 12.7. The van der Waals surface area contributed by atoms with Crippen LogP contribution in [0.25, 0.3) is 0 Å². The molecule has 0 N–H and O–H groups in total. The van der Waals surface area contributed by atoms with Crippen LogP contribution in [0.15, 0.2) is 102 Å². The van der Waals surface area contributed by atoms with E-state index in [2.05, 4.69) is 25.2 Å². The topological polar surface area (TPSA) is 35.5 Å². The summed E-state index contributed by atoms with van der Waals surface area (Å²) in [6.07, 6.45) is 7.98. The van der Waals surface area contributed by atoms with Gasteiger partial charge in [-0.3, -0.25) is 4.79 Å². The summed E-state index contributed by atoms with van der Waals surface area (Å²) in [5, 5.41) is 0. The molecule has 0 spiro atoms. The van der Waals surface area contributed by atoms with Gasteiger partial charge in [-0.25, -0.2) is 4.39 Å². The molecule has 2 atom stereocenters. The van der Waals surface area contributed by atoms with E-state index < -0.39 is 0 Å². The number of carbonyl (C=O) groups excluding carboxylic acids is 1. The van der Waals surface area contributed by atoms with Crippen molar-refractivity contribution in [2.75, 3.05) is 13.7 Å². The number of hydrogen-bond donors (Lipinski definition) is 0. The summed E-state index contributed by atoms with van der Waals surface area (Å²) in [7, 11) is 1.64. The summed E-state index contributed by atoms with van der Waals surface area (Å²) in [6, 6.07) is 20.1. The van der Waals surface area contributed by atoms with E-state index in [4.69, 9.17) is 9.47 Å². The Morgan fingerprint density at radius 1 is 1.00 bits per heavy atom. The number of Topliss-reactive ketones (excluding diaryl/α,β-unsaturated/α-hetero) is 1. The molecule has 4 heteroatoms. The highest BCUT2D eigenvalue weighted by atomic mass is 19.1. The van der Waals surface area contributed by atoms with Gasteiger partial charge in [-0.15, -0.1) is 0 Å². The molecule has 2 aliphatic carbocycles. The Bertz CT molecular complexity index is 1410. The van der Waals surface area contributed by atoms with E-state index in [1.807, 2.05) is 49.4 Å². The van der Waals surface area contributed by atoms with Crippen molar-refractivity contribution in [1.29, 1.82) is 0 Å². The second-order valence-electron chi connectivity index (χ2n) is 9.83. The maximum Gasteiger partial charge on any atom is 0.189 e. The zero-order valence-electron chi connectivity index (χ0n) is 21.5. The number of para-hydroxylation sites is 1. The third kappa shape index (κ3) is 5.15. The summed E-state index contributed by atoms with van der Waals surface area (Å²) in [5.41, 5.74) is 6.75. The first kappa shape index (κ1) is 24.8. The molecule has 3 aromatic carbocycles. The molecule has 37 heavy (non-hydrogen) atoms. The number of methoxy groups -OCH3 is 1. The van der Waals surface area contributed by atoms with Gasteiger partial charge in [-0.2, -0.15) is 0 Å². The van der Waals surface area contributed by atoms with Gasteiger partial charge in [0.15, 0.2) is 17.3 Å². The van der Waals surface area contributed by atoms with Crippen LogP contribution >= 0.6 is 0 Å². The summed E-state index contributed by atoms with van der Waals surface area (Å²) >= 11 is 0. The summed E-state index contributed by atoms with van der Waals surface area (Å²) in [4.78, 5) is 13.9. The molecule has 0 saturated carbocycles. The van der Waals surface area contributed by atoms with Crippen molar-refractivity contribution in [2.45, 2.75) is 38.5 Å². The van der Waals surface area contributed by atoms with E-state index in [-0.39, 0.29) is 23.4 Å². The van der Waals surface area contributed by atoms with Gasteiger partial charge in [0.1, 0.15) is 12.4 Å². The highest BCUT2D eigenvalue weighted by Crippen LogP contribution is 2.49. The number of aryl methyl sites for hydroxylation is 1. The average Bonchev–Trinajstić information content (AvgIpc) is 3.54. The third-order valence-electron chi connectivity index (χ3n) is 7.32. The minimum atomic E-state index is -0.271. The zero-order chi connectivity index (χ0) is 25.9. The third-order valence-corrected chi connectivity index (χ3v) is 7.32. The lowest BCUT2D eigenvalue weighted by atomic mass is 9.85. The quantitative estimate of drug-likeness (QED) is 0.299. The van der Waals surface area contributed by atoms with E-state index >= 15 is 0 Å². The lowest BCUT2D eigenvalue weighted by molar-refractivity contribution is 0.102. The van der Waals surface area contributed by atoms with Crippen molar-refractivity contribution in [3.63, 3.8) is 0 Å². The van der Waals surface area contributed by atoms with Gasteiger partial charge in [0.25, 0.3) is 0 Å². The van der Waals surface area contributed by atoms with E-state index in [9.17, 15) is 9.18 Å². The van der Waals surface area contributed by atoms with E-state index in [1.165, 1.54) is 23.3 Å². The van der Waals surface area contributed by atoms with E-state index in [0.717, 1.165) is 28.7 Å². The molecule has 0 heterocycles. The maximum absolute atomic E-state index is 13.9. The van der Waals surface area contributed by atoms with Gasteiger partial charge in [-0.1, -0.05) is 72.3 Å². The molecule has 0 fully saturated rings. The molecular weight excluding hydrogens is 463 g/mol. The summed E-state index contributed by atoms with van der Waals surface area (Å²) in [5.74, 6) is 0.861. The second kappa shape index (κ2) is 10.6. The Morgan fingerprint density at radius 2 is 1.78 bits per heavy atom. The largest absolute Gasteiger partial charge is 0.493 e. The number of carbonyl (C=O) groups is 1. The lowest BCUT2D eigenvalue weighted by Crippen LogP contribution is -2.12. The van der Waals surface area contributed by atoms with Crippen LogP contribution in [0.3, 0.4) is 0 Å². The van der Waals surface area contributed by atoms with Gasteiger partial charge in [0.2, 0.25) is 0 Å². The van der Waals surface area contributed by atoms with Crippen LogP contribution < -0.4 is 9.47 Å². The number of ketones is 1. The van der Waals surface area contributed by atoms with Gasteiger partial charge in [-0.05, 0) is 61.6 Å². The van der Waals surface area contributed by atoms with Crippen molar-refractivity contribution < 1.29 is 18.7 Å². The predicted octanol–water partition coefficient (Wildman–Crippen LogP) is 7.88. The first-order valence-electron chi connectivity index (χ1n) is 12.7. The molecule has 0 bridgehead atoms. The molecule has 2 aliphatic rings. The SMILES string of the molecule is COc1c(OCC2=CC(C)=CC2)cccc1C1CC(c2ccc(F)cc2)C=C1C(=O)c1ccccc1C. The van der Waals surface area contributed by atoms with Crippen molar-refractivity contribution in [1.82, 2.24) is 0 Å². The lowest BCUT2D eigenvalue weighted by Gasteiger charge is -2.21. The first-order chi connectivity index (χ1) is 17.9. The van der Waals surface area contributed by atoms with Gasteiger partial charge in [0.05, 0.1) is 7.11 Å². The van der Waals surface area contributed by atoms with Crippen LogP contribution in [0.4, 0.5) is 4.39 Å². The molecule has 3 nitrogen and oxygen atoms in total. The molecule has 5 rings (SSSR count). The molecule has 0 radical (unpaired) electrons. The van der Waals surface area contributed by atoms with E-state index in [0.29, 0.717) is 30.1 Å². The standard InChI is InChI=1S/C33H31FO3/c1-21-11-12-23(17-21)20-37-31-10-6-9-28(33(31)36-3)29-18-25(24-13-15-26(34)16-14-24)19-30(29)32(35)27-8-5-4-7-22(27)2/h4-11,13-17,19,25,29H,12,18,20H2,1-3H3. The highest BCUT2D eigenvalue weighted by molar-refractivity contribution is 6.11. The Kier molecular flexibility index (Phi) is 7.09. The maximum atomic E-state index is 13.9. The van der Waals surface area contributed by atoms with Crippen LogP contribution in [0.5, 0.6) is 11.5 Å². The Labute approximate surface area is 217 Å². The predicted molar refractivity (Wildman–Crippen MR) is 145 cm³/mol. The fourth-order valence-corrected chi connectivity index (χ4v) is 5.38. The number of rotatable bonds is 8. The molecule has 0 aliphatic heterocycles. The van der Waals surface area contributed by atoms with Crippen molar-refractivity contribution in [3.8, 4) is 11.5 Å². The van der Waals surface area contributed by atoms with Crippen molar-refractivity contribution in [2.24, 2.45) is 0 Å². The van der Waals surface area contributed by atoms with Crippen molar-refractivity contribution in [3.05, 3.63) is 130 Å². The Morgan fingerprint density at radius 3 is 2.49 bits per heavy atom. The minimum Gasteiger partial charge on any atom is -0.493 e. The number of halogens is 1. The normalized spacial score (nSPS) is 18.8. The molecule has 0 aromatic heterocycles. The Hall–Kier alpha value is -3.92. The summed E-state index contributed by atoms with van der Waals surface area (Å²) < 4.78 is 25.7. The minimum absolute atomic E-state index is 0.0127. The van der Waals surface area contributed by atoms with Crippen LogP contribution in [0.2, 0.25) is 0 Å². The smallest absolute Gasteiger partial charge is 0.189 e. The van der Waals surface area contributed by atoms with Crippen LogP contribution in [-0.2, 0) is 0 Å². The fraction of sp³-hybridized carbons (Fsp3) is 0.242. The molecule has 0 amide bonds. The average molecular weight is 495 g/mol. The molecular formula is C33H31FO3. The van der Waals surface area contributed by atoms with Gasteiger partial charge in [0, 0.05) is 28.5 Å². The molecule has 3 aromatic rings. The fourth-order valence-electron chi connectivity index (χ4n) is 5.38. The van der Waals surface area contributed by atoms with Gasteiger partial charge >= 0.3 is 0 Å². The van der Waals surface area contributed by atoms with Crippen LogP contribution in [0, 0.1) is 12.7 Å². The number of ether oxygens (including phenoxy) is 2. The van der Waals surface area contributed by atoms with Crippen molar-refractivity contribution >= 4 is 5.78 Å². The van der Waals surface area contributed by atoms with Crippen LogP contribution in [0.1, 0.15) is 58.6 Å².